The van der Waals surface area contributed by atoms with Crippen molar-refractivity contribution in [1.82, 2.24) is 15.2 Å². The van der Waals surface area contributed by atoms with E-state index in [0.29, 0.717) is 19.7 Å². The summed E-state index contributed by atoms with van der Waals surface area (Å²) in [7, 11) is 3.65. The van der Waals surface area contributed by atoms with Crippen LogP contribution in [0.4, 0.5) is 4.39 Å². The van der Waals surface area contributed by atoms with Crippen molar-refractivity contribution in [2.75, 3.05) is 27.2 Å². The van der Waals surface area contributed by atoms with E-state index in [4.69, 9.17) is 4.74 Å². The maximum absolute atomic E-state index is 13.5. The van der Waals surface area contributed by atoms with Gasteiger partial charge in [0.15, 0.2) is 17.5 Å². The molecule has 24 heavy (non-hydrogen) atoms. The maximum atomic E-state index is 13.5. The van der Waals surface area contributed by atoms with Crippen LogP contribution in [0, 0.1) is 5.82 Å². The molecule has 0 saturated heterocycles. The van der Waals surface area contributed by atoms with Crippen molar-refractivity contribution in [3.8, 4) is 5.75 Å². The van der Waals surface area contributed by atoms with Crippen molar-refractivity contribution in [3.63, 3.8) is 0 Å². The number of nitrogens with one attached hydrogen (secondary N) is 1. The first-order valence-electron chi connectivity index (χ1n) is 7.86. The summed E-state index contributed by atoms with van der Waals surface area (Å²) in [6.07, 6.45) is 2.91. The number of thiazole rings is 1. The first-order chi connectivity index (χ1) is 11.6. The van der Waals surface area contributed by atoms with Crippen molar-refractivity contribution >= 4 is 17.3 Å². The molecule has 0 aliphatic carbocycles. The molecule has 0 aliphatic heterocycles. The zero-order valence-electron chi connectivity index (χ0n) is 14.3. The smallest absolute Gasteiger partial charge is 0.193 e. The molecule has 0 spiro atoms. The second kappa shape index (κ2) is 9.22. The highest BCUT2D eigenvalue weighted by Gasteiger charge is 2.08. The van der Waals surface area contributed by atoms with E-state index in [1.54, 1.807) is 36.6 Å². The van der Waals surface area contributed by atoms with E-state index in [1.807, 2.05) is 18.1 Å². The minimum atomic E-state index is -0.349. The molecule has 0 saturated carbocycles. The fraction of sp³-hybridized carbons (Fsp3) is 0.412. The van der Waals surface area contributed by atoms with Gasteiger partial charge in [-0.05, 0) is 18.6 Å². The van der Waals surface area contributed by atoms with Gasteiger partial charge in [0.1, 0.15) is 11.6 Å². The van der Waals surface area contributed by atoms with Crippen molar-refractivity contribution in [1.29, 1.82) is 0 Å². The normalized spacial score (nSPS) is 11.4. The quantitative estimate of drug-likeness (QED) is 0.616. The van der Waals surface area contributed by atoms with Gasteiger partial charge in [-0.3, -0.25) is 4.99 Å². The molecular weight excluding hydrogens is 327 g/mol. The Balaban J connectivity index is 1.78. The van der Waals surface area contributed by atoms with Gasteiger partial charge in [0.25, 0.3) is 0 Å². The summed E-state index contributed by atoms with van der Waals surface area (Å²) in [5.41, 5.74) is 0. The van der Waals surface area contributed by atoms with Crippen LogP contribution in [0.1, 0.15) is 16.8 Å². The Kier molecular flexibility index (Phi) is 6.99. The summed E-state index contributed by atoms with van der Waals surface area (Å²) in [5, 5.41) is 4.31. The highest BCUT2D eigenvalue weighted by atomic mass is 32.1. The number of ether oxygens (including phenoxy) is 1. The lowest BCUT2D eigenvalue weighted by molar-refractivity contribution is 0.270. The predicted octanol–water partition coefficient (Wildman–Crippen LogP) is 2.93. The fourth-order valence-corrected chi connectivity index (χ4v) is 2.89. The van der Waals surface area contributed by atoms with Gasteiger partial charge < -0.3 is 15.0 Å². The summed E-state index contributed by atoms with van der Waals surface area (Å²) in [6.45, 7) is 3.71. The number of guanidine groups is 1. The largest absolute Gasteiger partial charge is 0.489 e. The molecule has 7 heteroatoms. The number of aliphatic imine (C=N–C) groups is 1. The van der Waals surface area contributed by atoms with Crippen molar-refractivity contribution in [2.24, 2.45) is 4.99 Å². The number of rotatable bonds is 7. The topological polar surface area (TPSA) is 49.8 Å². The average Bonchev–Trinajstić information content (AvgIpc) is 3.05. The molecule has 1 aromatic carbocycles. The Hall–Kier alpha value is -2.15. The Morgan fingerprint density at radius 2 is 2.21 bits per heavy atom. The molecule has 130 valence electrons. The molecule has 0 unspecified atom stereocenters. The summed E-state index contributed by atoms with van der Waals surface area (Å²) in [6, 6.07) is 6.40. The first-order valence-corrected chi connectivity index (χ1v) is 8.68. The molecule has 1 N–H and O–H groups in total. The average molecular weight is 350 g/mol. The van der Waals surface area contributed by atoms with Crippen LogP contribution in [0.2, 0.25) is 0 Å². The van der Waals surface area contributed by atoms with Gasteiger partial charge in [-0.1, -0.05) is 19.1 Å². The van der Waals surface area contributed by atoms with Crippen molar-refractivity contribution in [2.45, 2.75) is 19.9 Å². The molecular formula is C17H23FN4OS. The number of hydrogen-bond donors (Lipinski definition) is 1. The van der Waals surface area contributed by atoms with Crippen molar-refractivity contribution < 1.29 is 9.13 Å². The molecule has 0 fully saturated rings. The molecule has 1 aromatic heterocycles. The third-order valence-electron chi connectivity index (χ3n) is 3.44. The van der Waals surface area contributed by atoms with E-state index in [-0.39, 0.29) is 11.6 Å². The van der Waals surface area contributed by atoms with Crippen LogP contribution in [-0.4, -0.2) is 43.1 Å². The van der Waals surface area contributed by atoms with E-state index in [0.717, 1.165) is 17.4 Å². The van der Waals surface area contributed by atoms with Crippen LogP contribution in [0.3, 0.4) is 0 Å². The van der Waals surface area contributed by atoms with Gasteiger partial charge in [-0.25, -0.2) is 9.37 Å². The number of para-hydroxylation sites is 1. The molecule has 1 heterocycles. The monoisotopic (exact) mass is 350 g/mol. The van der Waals surface area contributed by atoms with Gasteiger partial charge in [0.2, 0.25) is 0 Å². The molecule has 0 bridgehead atoms. The van der Waals surface area contributed by atoms with E-state index in [1.165, 1.54) is 10.9 Å². The number of nitrogens with zero attached hydrogens (tertiary/aromatic N) is 3. The van der Waals surface area contributed by atoms with E-state index >= 15 is 0 Å². The van der Waals surface area contributed by atoms with Crippen LogP contribution >= 0.6 is 11.3 Å². The summed E-state index contributed by atoms with van der Waals surface area (Å²) >= 11 is 1.70. The molecule has 0 amide bonds. The van der Waals surface area contributed by atoms with Crippen LogP contribution in [0.25, 0.3) is 0 Å². The first kappa shape index (κ1) is 18.2. The van der Waals surface area contributed by atoms with Crippen LogP contribution in [0.5, 0.6) is 5.75 Å². The lowest BCUT2D eigenvalue weighted by atomic mass is 10.3. The Morgan fingerprint density at radius 3 is 2.88 bits per heavy atom. The van der Waals surface area contributed by atoms with Gasteiger partial charge in [0, 0.05) is 25.2 Å². The molecule has 5 nitrogen and oxygen atoms in total. The number of halogens is 1. The Morgan fingerprint density at radius 1 is 1.42 bits per heavy atom. The second-order valence-corrected chi connectivity index (χ2v) is 6.37. The van der Waals surface area contributed by atoms with E-state index < -0.39 is 0 Å². The molecule has 0 radical (unpaired) electrons. The number of aromatic nitrogens is 1. The minimum absolute atomic E-state index is 0.267. The summed E-state index contributed by atoms with van der Waals surface area (Å²) in [5.74, 6) is 0.669. The number of hydrogen-bond acceptors (Lipinski definition) is 4. The van der Waals surface area contributed by atoms with Crippen LogP contribution < -0.4 is 10.1 Å². The molecule has 0 aliphatic rings. The summed E-state index contributed by atoms with van der Waals surface area (Å²) < 4.78 is 19.0. The standard InChI is InChI=1S/C17H23FN4OS/c1-4-13-11-20-16(24-13)12-21-17(19-2)22(3)9-10-23-15-8-6-5-7-14(15)18/h5-8,11H,4,9-10,12H2,1-3H3,(H,19,21). The molecule has 0 atom stereocenters. The van der Waals surface area contributed by atoms with Crippen molar-refractivity contribution in [3.05, 3.63) is 46.2 Å². The van der Waals surface area contributed by atoms with Crippen LogP contribution in [0.15, 0.2) is 35.5 Å². The number of benzene rings is 1. The minimum Gasteiger partial charge on any atom is -0.489 e. The fourth-order valence-electron chi connectivity index (χ4n) is 2.09. The zero-order chi connectivity index (χ0) is 17.4. The summed E-state index contributed by atoms with van der Waals surface area (Å²) in [4.78, 5) is 11.8. The predicted molar refractivity (Wildman–Crippen MR) is 96.2 cm³/mol. The number of likely N-dealkylation sites (N-methyl/N-ethyl adjacent to an activating group) is 1. The van der Waals surface area contributed by atoms with Gasteiger partial charge in [-0.2, -0.15) is 0 Å². The number of aryl methyl sites for hydroxylation is 1. The second-order valence-electron chi connectivity index (χ2n) is 5.18. The lowest BCUT2D eigenvalue weighted by Gasteiger charge is -2.21. The third-order valence-corrected chi connectivity index (χ3v) is 4.58. The Bertz CT molecular complexity index is 674. The molecule has 2 aromatic rings. The van der Waals surface area contributed by atoms with Gasteiger partial charge in [0.05, 0.1) is 13.1 Å². The zero-order valence-corrected chi connectivity index (χ0v) is 15.1. The molecule has 2 rings (SSSR count). The van der Waals surface area contributed by atoms with Gasteiger partial charge in [-0.15, -0.1) is 11.3 Å². The highest BCUT2D eigenvalue weighted by Crippen LogP contribution is 2.15. The lowest BCUT2D eigenvalue weighted by Crippen LogP contribution is -2.40. The third kappa shape index (κ3) is 5.19. The maximum Gasteiger partial charge on any atom is 0.193 e. The van der Waals surface area contributed by atoms with E-state index in [9.17, 15) is 4.39 Å². The Labute approximate surface area is 146 Å². The van der Waals surface area contributed by atoms with Crippen LogP contribution in [-0.2, 0) is 13.0 Å². The van der Waals surface area contributed by atoms with Gasteiger partial charge >= 0.3 is 0 Å². The van der Waals surface area contributed by atoms with E-state index in [2.05, 4.69) is 22.2 Å². The SMILES string of the molecule is CCc1cnc(CNC(=NC)N(C)CCOc2ccccc2F)s1. The highest BCUT2D eigenvalue weighted by molar-refractivity contribution is 7.11.